The maximum Gasteiger partial charge on any atom is 0.152 e. The smallest absolute Gasteiger partial charge is 0.152 e. The summed E-state index contributed by atoms with van der Waals surface area (Å²) in [5, 5.41) is 21.7. The molecule has 0 spiro atoms. The summed E-state index contributed by atoms with van der Waals surface area (Å²) in [7, 11) is 11.6. The Bertz CT molecular complexity index is 2410. The largest absolute Gasteiger partial charge is 0.380 e. The first kappa shape index (κ1) is 43.9. The van der Waals surface area contributed by atoms with E-state index in [1.807, 2.05) is 18.2 Å². The molecular formula is C47H48N2O8S2. The lowest BCUT2D eigenvalue weighted by molar-refractivity contribution is 0.112. The molecule has 2 aliphatic carbocycles. The number of aldehydes is 1. The lowest BCUT2D eigenvalue weighted by Gasteiger charge is -2.42. The molecule has 3 unspecified atom stereocenters. The van der Waals surface area contributed by atoms with E-state index in [1.54, 1.807) is 78.9 Å². The lowest BCUT2D eigenvalue weighted by Crippen LogP contribution is -2.36. The van der Waals surface area contributed by atoms with Crippen LogP contribution in [0.1, 0.15) is 43.9 Å². The van der Waals surface area contributed by atoms with Crippen LogP contribution in [0.15, 0.2) is 80.8 Å². The van der Waals surface area contributed by atoms with Gasteiger partial charge in [-0.1, -0.05) is 24.0 Å². The molecule has 1 aliphatic heterocycles. The van der Waals surface area contributed by atoms with Crippen molar-refractivity contribution in [3.63, 3.8) is 0 Å². The minimum atomic E-state index is -0.105. The molecule has 0 radical (unpaired) electrons. The van der Waals surface area contributed by atoms with Gasteiger partial charge in [-0.2, -0.15) is 10.5 Å². The fraction of sp³-hybridized carbons (Fsp3) is 0.383. The van der Waals surface area contributed by atoms with Gasteiger partial charge in [-0.3, -0.25) is 4.79 Å². The highest BCUT2D eigenvalue weighted by molar-refractivity contribution is 8.04. The van der Waals surface area contributed by atoms with Crippen molar-refractivity contribution in [2.24, 2.45) is 11.8 Å². The Morgan fingerprint density at radius 1 is 0.712 bits per heavy atom. The monoisotopic (exact) mass is 832 g/mol. The molecule has 3 atom stereocenters. The molecule has 59 heavy (non-hydrogen) atoms. The lowest BCUT2D eigenvalue weighted by atomic mass is 9.64. The van der Waals surface area contributed by atoms with Crippen LogP contribution in [0.5, 0.6) is 0 Å². The van der Waals surface area contributed by atoms with Gasteiger partial charge in [-0.25, -0.2) is 0 Å². The number of rotatable bonds is 17. The van der Waals surface area contributed by atoms with Crippen molar-refractivity contribution in [2.45, 2.75) is 31.5 Å². The van der Waals surface area contributed by atoms with E-state index in [0.717, 1.165) is 71.7 Å². The number of ether oxygens (including phenoxy) is 7. The maximum atomic E-state index is 12.5. The first-order chi connectivity index (χ1) is 28.8. The van der Waals surface area contributed by atoms with E-state index < -0.39 is 0 Å². The number of carbonyl (C=O) groups is 1. The van der Waals surface area contributed by atoms with E-state index in [9.17, 15) is 15.3 Å². The number of benzene rings is 2. The number of carbonyl (C=O) groups excluding carboxylic acids is 1. The third kappa shape index (κ3) is 8.96. The molecule has 2 aromatic carbocycles. The predicted molar refractivity (Wildman–Crippen MR) is 231 cm³/mol. The average Bonchev–Trinajstić information content (AvgIpc) is 3.92. The Hall–Kier alpha value is -4.62. The Kier molecular flexibility index (Phi) is 15.3. The molecular weight excluding hydrogens is 785 g/mol. The third-order valence-electron chi connectivity index (χ3n) is 10.8. The fourth-order valence-electron chi connectivity index (χ4n) is 8.60. The van der Waals surface area contributed by atoms with Gasteiger partial charge in [-0.05, 0) is 97.7 Å². The van der Waals surface area contributed by atoms with Gasteiger partial charge in [0.25, 0.3) is 0 Å². The van der Waals surface area contributed by atoms with Gasteiger partial charge < -0.3 is 33.2 Å². The number of fused-ring (bicyclic) bond motifs is 2. The third-order valence-corrected chi connectivity index (χ3v) is 13.1. The Labute approximate surface area is 354 Å². The highest BCUT2D eigenvalue weighted by Crippen LogP contribution is 2.51. The van der Waals surface area contributed by atoms with Crippen LogP contribution in [0.3, 0.4) is 0 Å². The second kappa shape index (κ2) is 20.6. The van der Waals surface area contributed by atoms with Crippen molar-refractivity contribution in [1.82, 2.24) is 0 Å². The number of methoxy groups -OCH3 is 7. The number of hydrogen-bond donors (Lipinski definition) is 0. The first-order valence-corrected chi connectivity index (χ1v) is 20.7. The molecule has 2 heterocycles. The summed E-state index contributed by atoms with van der Waals surface area (Å²) in [5.74, 6) is 6.72. The van der Waals surface area contributed by atoms with E-state index in [2.05, 4.69) is 42.2 Å². The standard InChI is InChI=1S/C47H48N2O8S2/c1-51-21-30-14-28(18-48)38(20-50)44-32(23-53-3)16-36(40(26-56-6)46(30)44)42-12-10-34(58-42)8-9-35-11-13-43(59-35)37-17-33(24-54-4)45-39(25-55-5)29(19-49)15-31(22-52-2)47(45)41(37)27-57-7/h10-12,14-17,20,43,45,47H,13,21-27H2,1-7H3. The van der Waals surface area contributed by atoms with Crippen LogP contribution in [-0.4, -0.2) is 87.7 Å². The number of nitriles is 2. The summed E-state index contributed by atoms with van der Waals surface area (Å²) >= 11 is 3.33. The van der Waals surface area contributed by atoms with Crippen LogP contribution in [0.25, 0.3) is 21.2 Å². The second-order valence-electron chi connectivity index (χ2n) is 14.3. The van der Waals surface area contributed by atoms with Crippen molar-refractivity contribution >= 4 is 40.2 Å². The van der Waals surface area contributed by atoms with Gasteiger partial charge >= 0.3 is 0 Å². The zero-order chi connectivity index (χ0) is 42.1. The van der Waals surface area contributed by atoms with Gasteiger partial charge in [0.05, 0.1) is 79.3 Å². The van der Waals surface area contributed by atoms with E-state index in [1.165, 1.54) is 11.1 Å². The normalized spacial score (nSPS) is 18.8. The molecule has 1 aromatic heterocycles. The molecule has 0 saturated carbocycles. The number of nitrogens with zero attached hydrogens (tertiary/aromatic N) is 2. The average molecular weight is 833 g/mol. The zero-order valence-corrected chi connectivity index (χ0v) is 36.1. The minimum absolute atomic E-state index is 0.0610. The Balaban J connectivity index is 1.35. The summed E-state index contributed by atoms with van der Waals surface area (Å²) in [6, 6.07) is 12.5. The highest BCUT2D eigenvalue weighted by atomic mass is 32.2. The molecule has 0 amide bonds. The molecule has 0 fully saturated rings. The zero-order valence-electron chi connectivity index (χ0n) is 34.5. The van der Waals surface area contributed by atoms with Gasteiger partial charge in [0.15, 0.2) is 6.29 Å². The highest BCUT2D eigenvalue weighted by Gasteiger charge is 2.42. The van der Waals surface area contributed by atoms with E-state index in [-0.39, 0.29) is 42.5 Å². The number of allylic oxidation sites excluding steroid dienone is 5. The SMILES string of the molecule is COCC1=CC(C2CC=C(C#Cc3ccc(-c4cc(COC)c5c(C=O)c(C#N)cc(COC)c5c4COC)s3)S2)=C(COC)C2C(COC)=CC(C#N)=C(COC)C12. The summed E-state index contributed by atoms with van der Waals surface area (Å²) in [6.07, 6.45) is 7.97. The number of hydrogen-bond acceptors (Lipinski definition) is 12. The van der Waals surface area contributed by atoms with Crippen LogP contribution in [0.2, 0.25) is 0 Å². The topological polar surface area (TPSA) is 129 Å². The van der Waals surface area contributed by atoms with Crippen molar-refractivity contribution in [3.05, 3.63) is 114 Å². The van der Waals surface area contributed by atoms with Crippen molar-refractivity contribution in [1.29, 1.82) is 10.5 Å². The molecule has 3 aromatic rings. The molecule has 0 bridgehead atoms. The number of thiophene rings is 1. The maximum absolute atomic E-state index is 12.5. The van der Waals surface area contributed by atoms with Crippen molar-refractivity contribution in [3.8, 4) is 34.4 Å². The van der Waals surface area contributed by atoms with Gasteiger partial charge in [0, 0.05) is 77.3 Å². The Morgan fingerprint density at radius 2 is 1.34 bits per heavy atom. The van der Waals surface area contributed by atoms with Gasteiger partial charge in [-0.15, -0.1) is 23.1 Å². The molecule has 12 heteroatoms. The van der Waals surface area contributed by atoms with Gasteiger partial charge in [0.2, 0.25) is 0 Å². The van der Waals surface area contributed by atoms with Crippen LogP contribution >= 0.6 is 23.1 Å². The quantitative estimate of drug-likeness (QED) is 0.0964. The Morgan fingerprint density at radius 3 is 1.97 bits per heavy atom. The van der Waals surface area contributed by atoms with E-state index in [4.69, 9.17) is 33.2 Å². The van der Waals surface area contributed by atoms with Crippen LogP contribution in [0, 0.1) is 46.3 Å². The molecule has 10 nitrogen and oxygen atoms in total. The second-order valence-corrected chi connectivity index (χ2v) is 16.6. The van der Waals surface area contributed by atoms with Crippen LogP contribution in [-0.2, 0) is 53.0 Å². The molecule has 6 rings (SSSR count). The van der Waals surface area contributed by atoms with Crippen molar-refractivity contribution in [2.75, 3.05) is 76.2 Å². The summed E-state index contributed by atoms with van der Waals surface area (Å²) < 4.78 is 39.9. The van der Waals surface area contributed by atoms with Crippen molar-refractivity contribution < 1.29 is 38.0 Å². The first-order valence-electron chi connectivity index (χ1n) is 19.0. The van der Waals surface area contributed by atoms with E-state index in [0.29, 0.717) is 43.0 Å². The molecule has 306 valence electrons. The fourth-order valence-corrected chi connectivity index (χ4v) is 10.7. The van der Waals surface area contributed by atoms with Crippen LogP contribution < -0.4 is 0 Å². The summed E-state index contributed by atoms with van der Waals surface area (Å²) in [6.45, 7) is 2.34. The molecule has 3 aliphatic rings. The number of thioether (sulfide) groups is 1. The van der Waals surface area contributed by atoms with E-state index >= 15 is 0 Å². The molecule has 0 saturated heterocycles. The summed E-state index contributed by atoms with van der Waals surface area (Å²) in [5.41, 5.74) is 10.1. The molecule has 0 N–H and O–H groups in total. The predicted octanol–water partition coefficient (Wildman–Crippen LogP) is 8.25. The summed E-state index contributed by atoms with van der Waals surface area (Å²) in [4.78, 5) is 15.3. The van der Waals surface area contributed by atoms with Crippen LogP contribution in [0.4, 0.5) is 0 Å². The minimum Gasteiger partial charge on any atom is -0.380 e. The van der Waals surface area contributed by atoms with Gasteiger partial charge in [0.1, 0.15) is 0 Å².